The van der Waals surface area contributed by atoms with Gasteiger partial charge < -0.3 is 10.2 Å². The van der Waals surface area contributed by atoms with Gasteiger partial charge in [0.05, 0.1) is 4.90 Å². The highest BCUT2D eigenvalue weighted by molar-refractivity contribution is 7.89. The lowest BCUT2D eigenvalue weighted by atomic mass is 10.1. The Morgan fingerprint density at radius 1 is 0.909 bits per heavy atom. The highest BCUT2D eigenvalue weighted by atomic mass is 32.2. The fourth-order valence-corrected chi connectivity index (χ4v) is 5.30. The summed E-state index contributed by atoms with van der Waals surface area (Å²) in [4.78, 5) is 17.4. The molecule has 1 aliphatic rings. The molecule has 0 aliphatic carbocycles. The van der Waals surface area contributed by atoms with Crippen molar-refractivity contribution < 1.29 is 13.2 Å². The predicted molar refractivity (Wildman–Crippen MR) is 133 cm³/mol. The number of carbonyl (C=O) groups excluding carboxylic acids is 1. The molecule has 1 fully saturated rings. The van der Waals surface area contributed by atoms with E-state index >= 15 is 0 Å². The lowest BCUT2D eigenvalue weighted by molar-refractivity contribution is 0.0952. The van der Waals surface area contributed by atoms with Crippen LogP contribution in [0.1, 0.15) is 44.0 Å². The van der Waals surface area contributed by atoms with Gasteiger partial charge in [-0.3, -0.25) is 9.69 Å². The van der Waals surface area contributed by atoms with Crippen LogP contribution in [0.15, 0.2) is 59.5 Å². The number of benzene rings is 2. The molecule has 33 heavy (non-hydrogen) atoms. The van der Waals surface area contributed by atoms with Gasteiger partial charge in [-0.2, -0.15) is 0 Å². The van der Waals surface area contributed by atoms with Crippen LogP contribution in [0.3, 0.4) is 0 Å². The third-order valence-corrected chi connectivity index (χ3v) is 7.32. The third-order valence-electron chi connectivity index (χ3n) is 5.55. The number of rotatable bonds is 9. The summed E-state index contributed by atoms with van der Waals surface area (Å²) in [6, 6.07) is 16.6. The molecule has 1 aliphatic heterocycles. The number of nitrogens with one attached hydrogen (secondary N) is 2. The quantitative estimate of drug-likeness (QED) is 0.548. The van der Waals surface area contributed by atoms with Crippen LogP contribution < -0.4 is 14.9 Å². The topological polar surface area (TPSA) is 81.7 Å². The summed E-state index contributed by atoms with van der Waals surface area (Å²) in [6.07, 6.45) is 1.94. The van der Waals surface area contributed by atoms with Crippen LogP contribution in [0, 0.1) is 0 Å². The van der Waals surface area contributed by atoms with E-state index in [1.54, 1.807) is 32.9 Å². The highest BCUT2D eigenvalue weighted by Gasteiger charge is 2.22. The summed E-state index contributed by atoms with van der Waals surface area (Å²) in [5.74, 6) is -0.181. The molecule has 0 bridgehead atoms. The molecule has 0 spiro atoms. The zero-order valence-electron chi connectivity index (χ0n) is 19.9. The minimum atomic E-state index is -3.60. The maximum Gasteiger partial charge on any atom is 0.251 e. The van der Waals surface area contributed by atoms with Crippen molar-refractivity contribution in [2.24, 2.45) is 0 Å². The number of carbonyl (C=O) groups is 1. The van der Waals surface area contributed by atoms with Crippen LogP contribution in [0.2, 0.25) is 0 Å². The van der Waals surface area contributed by atoms with Crippen molar-refractivity contribution in [3.63, 3.8) is 0 Å². The summed E-state index contributed by atoms with van der Waals surface area (Å²) < 4.78 is 27.4. The molecule has 2 aromatic rings. The molecule has 1 saturated heterocycles. The number of hydrogen-bond acceptors (Lipinski definition) is 5. The van der Waals surface area contributed by atoms with Crippen molar-refractivity contribution in [2.75, 3.05) is 44.2 Å². The molecule has 0 unspecified atom stereocenters. The Balaban J connectivity index is 1.35. The number of amides is 1. The molecular formula is C25H36N4O3S. The molecule has 0 aromatic heterocycles. The minimum absolute atomic E-state index is 0.154. The third kappa shape index (κ3) is 7.84. The van der Waals surface area contributed by atoms with Gasteiger partial charge in [-0.25, -0.2) is 13.1 Å². The SMILES string of the molecule is CC(C)(C)NS(=O)(=O)c1ccc(C(=O)NCCCCN2CCN(c3ccccc3)CC2)cc1. The van der Waals surface area contributed by atoms with E-state index in [9.17, 15) is 13.2 Å². The number of anilines is 1. The van der Waals surface area contributed by atoms with Crippen LogP contribution in [0.25, 0.3) is 0 Å². The number of piperazine rings is 1. The molecule has 2 N–H and O–H groups in total. The fraction of sp³-hybridized carbons (Fsp3) is 0.480. The second-order valence-corrected chi connectivity index (χ2v) is 11.2. The van der Waals surface area contributed by atoms with E-state index in [-0.39, 0.29) is 10.8 Å². The molecule has 2 aromatic carbocycles. The van der Waals surface area contributed by atoms with Gasteiger partial charge >= 0.3 is 0 Å². The van der Waals surface area contributed by atoms with E-state index in [1.165, 1.54) is 17.8 Å². The lowest BCUT2D eigenvalue weighted by Gasteiger charge is -2.36. The molecule has 0 atom stereocenters. The minimum Gasteiger partial charge on any atom is -0.369 e. The largest absolute Gasteiger partial charge is 0.369 e. The van der Waals surface area contributed by atoms with Gasteiger partial charge in [0, 0.05) is 49.5 Å². The molecule has 3 rings (SSSR count). The first-order valence-corrected chi connectivity index (χ1v) is 13.1. The molecule has 0 saturated carbocycles. The Kier molecular flexibility index (Phi) is 8.51. The molecule has 180 valence electrons. The van der Waals surface area contributed by atoms with Crippen molar-refractivity contribution in [1.29, 1.82) is 0 Å². The van der Waals surface area contributed by atoms with E-state index in [0.717, 1.165) is 45.6 Å². The lowest BCUT2D eigenvalue weighted by Crippen LogP contribution is -2.46. The zero-order valence-corrected chi connectivity index (χ0v) is 20.7. The zero-order chi connectivity index (χ0) is 23.9. The Morgan fingerprint density at radius 2 is 1.55 bits per heavy atom. The first-order valence-electron chi connectivity index (χ1n) is 11.6. The number of unbranched alkanes of at least 4 members (excludes halogenated alkanes) is 1. The second kappa shape index (κ2) is 11.1. The van der Waals surface area contributed by atoms with Crippen molar-refractivity contribution in [3.8, 4) is 0 Å². The van der Waals surface area contributed by atoms with Crippen LogP contribution in [0.4, 0.5) is 5.69 Å². The summed E-state index contributed by atoms with van der Waals surface area (Å²) in [5, 5.41) is 2.93. The summed E-state index contributed by atoms with van der Waals surface area (Å²) in [5.41, 5.74) is 1.18. The van der Waals surface area contributed by atoms with E-state index in [2.05, 4.69) is 44.1 Å². The van der Waals surface area contributed by atoms with E-state index in [1.807, 2.05) is 6.07 Å². The van der Waals surface area contributed by atoms with E-state index in [4.69, 9.17) is 0 Å². The summed E-state index contributed by atoms with van der Waals surface area (Å²) >= 11 is 0. The van der Waals surface area contributed by atoms with Crippen molar-refractivity contribution in [2.45, 2.75) is 44.0 Å². The van der Waals surface area contributed by atoms with Gasteiger partial charge in [-0.1, -0.05) is 18.2 Å². The first-order chi connectivity index (χ1) is 15.6. The van der Waals surface area contributed by atoms with Crippen LogP contribution in [0.5, 0.6) is 0 Å². The number of sulfonamides is 1. The maximum atomic E-state index is 12.4. The van der Waals surface area contributed by atoms with Crippen LogP contribution in [-0.2, 0) is 10.0 Å². The van der Waals surface area contributed by atoms with E-state index in [0.29, 0.717) is 12.1 Å². The first kappa shape index (κ1) is 25.2. The van der Waals surface area contributed by atoms with Crippen molar-refractivity contribution in [1.82, 2.24) is 14.9 Å². The molecular weight excluding hydrogens is 436 g/mol. The second-order valence-electron chi connectivity index (χ2n) is 9.51. The number of nitrogens with zero attached hydrogens (tertiary/aromatic N) is 2. The Hall–Kier alpha value is -2.42. The average Bonchev–Trinajstić information content (AvgIpc) is 2.78. The molecule has 8 heteroatoms. The Labute approximate surface area is 198 Å². The van der Waals surface area contributed by atoms with Gasteiger partial charge in [0.15, 0.2) is 0 Å². The monoisotopic (exact) mass is 472 g/mol. The van der Waals surface area contributed by atoms with Gasteiger partial charge in [-0.05, 0) is 76.6 Å². The normalized spacial score (nSPS) is 15.4. The molecule has 0 radical (unpaired) electrons. The maximum absolute atomic E-state index is 12.4. The Bertz CT molecular complexity index is 994. The molecule has 1 heterocycles. The summed E-state index contributed by atoms with van der Waals surface area (Å²) in [6.45, 7) is 11.2. The molecule has 7 nitrogen and oxygen atoms in total. The van der Waals surface area contributed by atoms with Crippen LogP contribution >= 0.6 is 0 Å². The standard InChI is InChI=1S/C25H36N4O3S/c1-25(2,3)27-33(31,32)23-13-11-21(12-14-23)24(30)26-15-7-8-16-28-17-19-29(20-18-28)22-9-5-4-6-10-22/h4-6,9-14,27H,7-8,15-20H2,1-3H3,(H,26,30). The van der Waals surface area contributed by atoms with Crippen LogP contribution in [-0.4, -0.2) is 64.0 Å². The number of para-hydroxylation sites is 1. The van der Waals surface area contributed by atoms with E-state index < -0.39 is 15.6 Å². The van der Waals surface area contributed by atoms with Gasteiger partial charge in [-0.15, -0.1) is 0 Å². The molecule has 1 amide bonds. The van der Waals surface area contributed by atoms with Gasteiger partial charge in [0.2, 0.25) is 10.0 Å². The highest BCUT2D eigenvalue weighted by Crippen LogP contribution is 2.16. The predicted octanol–water partition coefficient (Wildman–Crippen LogP) is 3.10. The van der Waals surface area contributed by atoms with Gasteiger partial charge in [0.1, 0.15) is 0 Å². The summed E-state index contributed by atoms with van der Waals surface area (Å²) in [7, 11) is -3.60. The smallest absolute Gasteiger partial charge is 0.251 e. The Morgan fingerprint density at radius 3 is 2.15 bits per heavy atom. The average molecular weight is 473 g/mol. The van der Waals surface area contributed by atoms with Crippen molar-refractivity contribution >= 4 is 21.6 Å². The fourth-order valence-electron chi connectivity index (χ4n) is 3.88. The number of hydrogen-bond donors (Lipinski definition) is 2. The van der Waals surface area contributed by atoms with Crippen molar-refractivity contribution in [3.05, 3.63) is 60.2 Å². The van der Waals surface area contributed by atoms with Gasteiger partial charge in [0.25, 0.3) is 5.91 Å².